The molecule has 0 bridgehead atoms. The Hall–Kier alpha value is -7.58. The van der Waals surface area contributed by atoms with Gasteiger partial charge in [0.1, 0.15) is 23.0 Å². The molecule has 0 saturated heterocycles. The van der Waals surface area contributed by atoms with Gasteiger partial charge in [-0.3, -0.25) is 0 Å². The molecule has 0 aromatic heterocycles. The molecular weight excluding hydrogens is 729 g/mol. The van der Waals surface area contributed by atoms with Crippen molar-refractivity contribution >= 4 is 34.6 Å². The lowest BCUT2D eigenvalue weighted by molar-refractivity contribution is -0.130. The minimum absolute atomic E-state index is 0.245. The topological polar surface area (TPSA) is 105 Å². The molecule has 0 fully saturated rings. The van der Waals surface area contributed by atoms with Gasteiger partial charge in [0, 0.05) is 33.4 Å². The highest BCUT2D eigenvalue weighted by molar-refractivity contribution is 5.94. The summed E-state index contributed by atoms with van der Waals surface area (Å²) >= 11 is 0. The molecule has 288 valence electrons. The van der Waals surface area contributed by atoms with E-state index in [1.165, 1.54) is 0 Å². The van der Waals surface area contributed by atoms with Crippen LogP contribution in [-0.4, -0.2) is 23.9 Å². The summed E-state index contributed by atoms with van der Waals surface area (Å²) in [6.07, 6.45) is 0. The third-order valence-electron chi connectivity index (χ3n) is 9.02. The van der Waals surface area contributed by atoms with Gasteiger partial charge in [0.2, 0.25) is 0 Å². The van der Waals surface area contributed by atoms with E-state index in [1.807, 2.05) is 78.9 Å². The van der Waals surface area contributed by atoms with Crippen molar-refractivity contribution in [2.24, 2.45) is 0 Å². The van der Waals surface area contributed by atoms with E-state index in [9.17, 15) is 19.2 Å². The van der Waals surface area contributed by atoms with Gasteiger partial charge >= 0.3 is 23.9 Å². The van der Waals surface area contributed by atoms with Gasteiger partial charge in [-0.15, -0.1) is 0 Å². The van der Waals surface area contributed by atoms with Gasteiger partial charge in [0.05, 0.1) is 0 Å². The van der Waals surface area contributed by atoms with E-state index in [1.54, 1.807) is 70.2 Å². The van der Waals surface area contributed by atoms with Gasteiger partial charge < -0.3 is 18.9 Å². The zero-order chi connectivity index (χ0) is 41.7. The summed E-state index contributed by atoms with van der Waals surface area (Å²) in [4.78, 5) is 49.6. The third kappa shape index (κ3) is 9.26. The predicted molar refractivity (Wildman–Crippen MR) is 227 cm³/mol. The zero-order valence-electron chi connectivity index (χ0n) is 32.6. The number of hydrogen-bond acceptors (Lipinski definition) is 8. The van der Waals surface area contributed by atoms with E-state index in [0.717, 1.165) is 44.2 Å². The van der Waals surface area contributed by atoms with Crippen LogP contribution < -0.4 is 18.9 Å². The van der Waals surface area contributed by atoms with Crippen LogP contribution in [0.4, 0.5) is 0 Å². The molecular formula is C50H40O8. The summed E-state index contributed by atoms with van der Waals surface area (Å²) in [5.41, 5.74) is 7.27. The molecule has 0 aliphatic carbocycles. The van der Waals surface area contributed by atoms with E-state index in [-0.39, 0.29) is 11.1 Å². The Kier molecular flexibility index (Phi) is 11.8. The number of esters is 4. The molecule has 6 aromatic carbocycles. The van der Waals surface area contributed by atoms with Crippen molar-refractivity contribution < 1.29 is 38.1 Å². The summed E-state index contributed by atoms with van der Waals surface area (Å²) < 4.78 is 22.4. The van der Waals surface area contributed by atoms with Crippen LogP contribution in [-0.2, 0) is 19.2 Å². The minimum atomic E-state index is -0.568. The van der Waals surface area contributed by atoms with Gasteiger partial charge in [-0.2, -0.15) is 0 Å². The Morgan fingerprint density at radius 3 is 1.16 bits per heavy atom. The maximum atomic E-state index is 12.9. The fourth-order valence-electron chi connectivity index (χ4n) is 5.82. The first-order chi connectivity index (χ1) is 27.7. The highest BCUT2D eigenvalue weighted by Gasteiger charge is 2.17. The SMILES string of the molecule is C=C(C)C(=O)Oc1ccc(-c2ccc(-c3ccc(-c4ccc(-c5ccc6cc(OC(=O)C(=C)C)ccc6c5)cc4OC(=O)C(=C)C)cc3)c(OC(=O)C(=C)C)c2)cc1. The molecule has 0 heterocycles. The molecule has 0 radical (unpaired) electrons. The van der Waals surface area contributed by atoms with E-state index in [0.29, 0.717) is 45.3 Å². The van der Waals surface area contributed by atoms with Crippen LogP contribution in [0.1, 0.15) is 27.7 Å². The van der Waals surface area contributed by atoms with Crippen molar-refractivity contribution in [2.45, 2.75) is 27.7 Å². The molecule has 0 saturated carbocycles. The molecule has 0 N–H and O–H groups in total. The number of rotatable bonds is 12. The standard InChI is InChI=1S/C50H40O8/c1-29(2)47(51)55-41-20-15-33(16-21-41)39-18-23-43(45(27-39)57-49(53)31(5)6)34-9-11-35(12-10-34)44-24-19-40(28-46(44)58-50(54)32(7)8)36-13-14-38-26-42(22-17-37(38)25-36)56-48(52)30(3)4/h9-28H,1,3,5,7H2,2,4,6,8H3. The first-order valence-corrected chi connectivity index (χ1v) is 18.2. The quantitative estimate of drug-likeness (QED) is 0.0688. The predicted octanol–water partition coefficient (Wildman–Crippen LogP) is 11.4. The molecule has 8 nitrogen and oxygen atoms in total. The maximum Gasteiger partial charge on any atom is 0.338 e. The van der Waals surface area contributed by atoms with Crippen molar-refractivity contribution in [3.8, 4) is 67.5 Å². The number of fused-ring (bicyclic) bond motifs is 1. The van der Waals surface area contributed by atoms with Gasteiger partial charge in [-0.05, 0) is 114 Å². The average Bonchev–Trinajstić information content (AvgIpc) is 3.20. The van der Waals surface area contributed by atoms with Crippen LogP contribution in [0, 0.1) is 0 Å². The van der Waals surface area contributed by atoms with Crippen LogP contribution in [0.2, 0.25) is 0 Å². The van der Waals surface area contributed by atoms with Crippen molar-refractivity contribution in [3.05, 3.63) is 170 Å². The van der Waals surface area contributed by atoms with Crippen molar-refractivity contribution in [3.63, 3.8) is 0 Å². The fraction of sp³-hybridized carbons (Fsp3) is 0.0800. The Bertz CT molecular complexity index is 2680. The van der Waals surface area contributed by atoms with Crippen LogP contribution in [0.25, 0.3) is 55.3 Å². The normalized spacial score (nSPS) is 10.6. The van der Waals surface area contributed by atoms with Crippen molar-refractivity contribution in [2.75, 3.05) is 0 Å². The lowest BCUT2D eigenvalue weighted by Gasteiger charge is -2.15. The average molecular weight is 769 g/mol. The van der Waals surface area contributed by atoms with Crippen LogP contribution in [0.3, 0.4) is 0 Å². The van der Waals surface area contributed by atoms with E-state index in [4.69, 9.17) is 18.9 Å². The number of carbonyl (C=O) groups is 4. The molecule has 0 spiro atoms. The number of carbonyl (C=O) groups excluding carboxylic acids is 4. The van der Waals surface area contributed by atoms with Crippen molar-refractivity contribution in [1.82, 2.24) is 0 Å². The molecule has 0 atom stereocenters. The number of hydrogen-bond donors (Lipinski definition) is 0. The fourth-order valence-corrected chi connectivity index (χ4v) is 5.82. The summed E-state index contributed by atoms with van der Waals surface area (Å²) in [5.74, 6) is -0.650. The highest BCUT2D eigenvalue weighted by Crippen LogP contribution is 2.39. The number of benzene rings is 6. The first-order valence-electron chi connectivity index (χ1n) is 18.2. The minimum Gasteiger partial charge on any atom is -0.423 e. The molecule has 0 unspecified atom stereocenters. The van der Waals surface area contributed by atoms with Crippen LogP contribution in [0.5, 0.6) is 23.0 Å². The summed E-state index contributed by atoms with van der Waals surface area (Å²) in [6, 6.07) is 37.1. The first kappa shape index (κ1) is 40.1. The monoisotopic (exact) mass is 768 g/mol. The second kappa shape index (κ2) is 17.1. The maximum absolute atomic E-state index is 12.9. The number of ether oxygens (including phenoxy) is 4. The molecule has 8 heteroatoms. The van der Waals surface area contributed by atoms with Crippen LogP contribution >= 0.6 is 0 Å². The van der Waals surface area contributed by atoms with Crippen molar-refractivity contribution in [1.29, 1.82) is 0 Å². The van der Waals surface area contributed by atoms with Gasteiger partial charge in [0.25, 0.3) is 0 Å². The summed E-state index contributed by atoms with van der Waals surface area (Å²) in [5, 5.41) is 1.81. The van der Waals surface area contributed by atoms with Gasteiger partial charge in [-0.25, -0.2) is 19.2 Å². The largest absolute Gasteiger partial charge is 0.423 e. The molecule has 58 heavy (non-hydrogen) atoms. The summed E-state index contributed by atoms with van der Waals surface area (Å²) in [7, 11) is 0. The van der Waals surface area contributed by atoms with E-state index < -0.39 is 23.9 Å². The van der Waals surface area contributed by atoms with Crippen LogP contribution in [0.15, 0.2) is 170 Å². The van der Waals surface area contributed by atoms with E-state index in [2.05, 4.69) is 26.3 Å². The Balaban J connectivity index is 1.32. The Morgan fingerprint density at radius 1 is 0.345 bits per heavy atom. The highest BCUT2D eigenvalue weighted by atomic mass is 16.5. The molecule has 0 aliphatic heterocycles. The molecule has 0 amide bonds. The van der Waals surface area contributed by atoms with Gasteiger partial charge in [-0.1, -0.05) is 105 Å². The lowest BCUT2D eigenvalue weighted by Crippen LogP contribution is -2.09. The molecule has 0 aliphatic rings. The molecule has 6 rings (SSSR count). The summed E-state index contributed by atoms with van der Waals surface area (Å²) in [6.45, 7) is 21.1. The smallest absolute Gasteiger partial charge is 0.338 e. The zero-order valence-corrected chi connectivity index (χ0v) is 32.6. The second-order valence-electron chi connectivity index (χ2n) is 13.9. The lowest BCUT2D eigenvalue weighted by atomic mass is 9.95. The van der Waals surface area contributed by atoms with Gasteiger partial charge in [0.15, 0.2) is 0 Å². The van der Waals surface area contributed by atoms with E-state index >= 15 is 0 Å². The molecule has 6 aromatic rings. The Labute approximate surface area is 337 Å². The third-order valence-corrected chi connectivity index (χ3v) is 9.02. The second-order valence-corrected chi connectivity index (χ2v) is 13.9. The Morgan fingerprint density at radius 2 is 0.672 bits per heavy atom.